The lowest BCUT2D eigenvalue weighted by Crippen LogP contribution is -2.07. The van der Waals surface area contributed by atoms with E-state index in [1.165, 1.54) is 0 Å². The van der Waals surface area contributed by atoms with Gasteiger partial charge in [0.05, 0.1) is 0 Å². The minimum Gasteiger partial charge on any atom is -0.481 e. The van der Waals surface area contributed by atoms with Crippen molar-refractivity contribution in [3.05, 3.63) is 34.9 Å². The highest BCUT2D eigenvalue weighted by Crippen LogP contribution is 2.19. The average molecular weight is 213 g/mol. The number of benzene rings is 1. The number of rotatable bonds is 4. The monoisotopic (exact) mass is 212 g/mol. The van der Waals surface area contributed by atoms with Gasteiger partial charge in [0.15, 0.2) is 0 Å². The lowest BCUT2D eigenvalue weighted by atomic mass is 9.98. The van der Waals surface area contributed by atoms with E-state index < -0.39 is 5.97 Å². The second-order valence-corrected chi connectivity index (χ2v) is 3.91. The van der Waals surface area contributed by atoms with E-state index in [0.29, 0.717) is 11.4 Å². The van der Waals surface area contributed by atoms with Gasteiger partial charge in [0.1, 0.15) is 0 Å². The van der Waals surface area contributed by atoms with Crippen molar-refractivity contribution in [2.45, 2.75) is 19.8 Å². The molecule has 1 aromatic rings. The molecular weight excluding hydrogens is 200 g/mol. The number of aliphatic carboxylic acids is 1. The summed E-state index contributed by atoms with van der Waals surface area (Å²) in [5.74, 6) is -0.642. The predicted octanol–water partition coefficient (Wildman–Crippen LogP) is 2.99. The molecule has 0 bridgehead atoms. The Hall–Kier alpha value is -1.02. The highest BCUT2D eigenvalue weighted by molar-refractivity contribution is 6.31. The van der Waals surface area contributed by atoms with E-state index in [1.54, 1.807) is 0 Å². The van der Waals surface area contributed by atoms with Crippen LogP contribution in [0.1, 0.15) is 18.9 Å². The number of carbonyl (C=O) groups is 1. The molecule has 0 aromatic heterocycles. The van der Waals surface area contributed by atoms with Crippen molar-refractivity contribution in [1.82, 2.24) is 0 Å². The van der Waals surface area contributed by atoms with Crippen LogP contribution in [0.25, 0.3) is 0 Å². The van der Waals surface area contributed by atoms with Crippen LogP contribution in [0, 0.1) is 5.92 Å². The smallest absolute Gasteiger partial charge is 0.303 e. The number of carboxylic acid groups (broad SMARTS) is 1. The Bertz CT molecular complexity index is 323. The molecule has 1 N–H and O–H groups in total. The SMILES string of the molecule is CC(CC(=O)O)Cc1ccccc1Cl. The molecule has 0 fully saturated rings. The molecule has 0 radical (unpaired) electrons. The molecular formula is C11H13ClO2. The van der Waals surface area contributed by atoms with Crippen molar-refractivity contribution < 1.29 is 9.90 Å². The lowest BCUT2D eigenvalue weighted by Gasteiger charge is -2.09. The van der Waals surface area contributed by atoms with E-state index in [4.69, 9.17) is 16.7 Å². The molecule has 0 aliphatic rings. The van der Waals surface area contributed by atoms with Gasteiger partial charge < -0.3 is 5.11 Å². The standard InChI is InChI=1S/C11H13ClO2/c1-8(7-11(13)14)6-9-4-2-3-5-10(9)12/h2-5,8H,6-7H2,1H3,(H,13,14). The Balaban J connectivity index is 2.60. The number of hydrogen-bond donors (Lipinski definition) is 1. The van der Waals surface area contributed by atoms with Gasteiger partial charge in [0.2, 0.25) is 0 Å². The fourth-order valence-electron chi connectivity index (χ4n) is 1.41. The Labute approximate surface area is 88.5 Å². The summed E-state index contributed by atoms with van der Waals surface area (Å²) in [6.07, 6.45) is 0.900. The van der Waals surface area contributed by atoms with Crippen LogP contribution in [-0.4, -0.2) is 11.1 Å². The summed E-state index contributed by atoms with van der Waals surface area (Å²) >= 11 is 5.96. The Morgan fingerprint density at radius 1 is 1.50 bits per heavy atom. The van der Waals surface area contributed by atoms with Crippen molar-refractivity contribution in [2.24, 2.45) is 5.92 Å². The van der Waals surface area contributed by atoms with Crippen molar-refractivity contribution in [3.63, 3.8) is 0 Å². The molecule has 3 heteroatoms. The summed E-state index contributed by atoms with van der Waals surface area (Å²) in [4.78, 5) is 10.5. The number of hydrogen-bond acceptors (Lipinski definition) is 1. The normalized spacial score (nSPS) is 12.4. The van der Waals surface area contributed by atoms with Gasteiger partial charge in [-0.3, -0.25) is 4.79 Å². The van der Waals surface area contributed by atoms with Crippen LogP contribution in [0.2, 0.25) is 5.02 Å². The van der Waals surface area contributed by atoms with Crippen LogP contribution >= 0.6 is 11.6 Å². The first-order valence-corrected chi connectivity index (χ1v) is 4.92. The maximum Gasteiger partial charge on any atom is 0.303 e. The first kappa shape index (κ1) is 11.1. The van der Waals surface area contributed by atoms with Crippen LogP contribution in [0.3, 0.4) is 0 Å². The van der Waals surface area contributed by atoms with Crippen molar-refractivity contribution >= 4 is 17.6 Å². The molecule has 1 atom stereocenters. The third-order valence-electron chi connectivity index (χ3n) is 2.05. The summed E-state index contributed by atoms with van der Waals surface area (Å²) in [6, 6.07) is 7.54. The maximum absolute atomic E-state index is 10.5. The van der Waals surface area contributed by atoms with Crippen LogP contribution in [0.5, 0.6) is 0 Å². The fraction of sp³-hybridized carbons (Fsp3) is 0.364. The average Bonchev–Trinajstić information content (AvgIpc) is 2.07. The quantitative estimate of drug-likeness (QED) is 0.833. The molecule has 2 nitrogen and oxygen atoms in total. The van der Waals surface area contributed by atoms with Crippen LogP contribution in [0.4, 0.5) is 0 Å². The largest absolute Gasteiger partial charge is 0.481 e. The van der Waals surface area contributed by atoms with Gasteiger partial charge in [-0.2, -0.15) is 0 Å². The first-order chi connectivity index (χ1) is 6.59. The molecule has 1 unspecified atom stereocenters. The summed E-state index contributed by atoms with van der Waals surface area (Å²) < 4.78 is 0. The zero-order valence-corrected chi connectivity index (χ0v) is 8.79. The van der Waals surface area contributed by atoms with E-state index in [2.05, 4.69) is 0 Å². The minimum atomic E-state index is -0.760. The first-order valence-electron chi connectivity index (χ1n) is 4.55. The molecule has 0 heterocycles. The van der Waals surface area contributed by atoms with Crippen molar-refractivity contribution in [3.8, 4) is 0 Å². The molecule has 76 valence electrons. The third-order valence-corrected chi connectivity index (χ3v) is 2.42. The van der Waals surface area contributed by atoms with Crippen molar-refractivity contribution in [2.75, 3.05) is 0 Å². The van der Waals surface area contributed by atoms with E-state index >= 15 is 0 Å². The molecule has 0 amide bonds. The van der Waals surface area contributed by atoms with Gasteiger partial charge in [-0.15, -0.1) is 0 Å². The molecule has 0 saturated carbocycles. The second kappa shape index (κ2) is 5.01. The van der Waals surface area contributed by atoms with Gasteiger partial charge in [-0.05, 0) is 24.0 Å². The van der Waals surface area contributed by atoms with Gasteiger partial charge in [0.25, 0.3) is 0 Å². The summed E-state index contributed by atoms with van der Waals surface area (Å²) in [5.41, 5.74) is 1.02. The van der Waals surface area contributed by atoms with Crippen LogP contribution in [0.15, 0.2) is 24.3 Å². The molecule has 1 aromatic carbocycles. The topological polar surface area (TPSA) is 37.3 Å². The van der Waals surface area contributed by atoms with Gasteiger partial charge in [-0.1, -0.05) is 36.7 Å². The van der Waals surface area contributed by atoms with E-state index in [-0.39, 0.29) is 12.3 Å². The van der Waals surface area contributed by atoms with Gasteiger partial charge >= 0.3 is 5.97 Å². The minimum absolute atomic E-state index is 0.118. The molecule has 1 rings (SSSR count). The predicted molar refractivity (Wildman–Crippen MR) is 56.6 cm³/mol. The van der Waals surface area contributed by atoms with Crippen molar-refractivity contribution in [1.29, 1.82) is 0 Å². The molecule has 0 spiro atoms. The van der Waals surface area contributed by atoms with Crippen LogP contribution in [-0.2, 0) is 11.2 Å². The van der Waals surface area contributed by atoms with Gasteiger partial charge in [-0.25, -0.2) is 0 Å². The highest BCUT2D eigenvalue weighted by atomic mass is 35.5. The molecule has 0 aliphatic heterocycles. The Morgan fingerprint density at radius 2 is 2.14 bits per heavy atom. The zero-order chi connectivity index (χ0) is 10.6. The molecule has 0 saturated heterocycles. The Morgan fingerprint density at radius 3 is 2.71 bits per heavy atom. The molecule has 14 heavy (non-hydrogen) atoms. The van der Waals surface area contributed by atoms with E-state index in [0.717, 1.165) is 5.56 Å². The summed E-state index contributed by atoms with van der Waals surface area (Å²) in [6.45, 7) is 1.91. The van der Waals surface area contributed by atoms with Gasteiger partial charge in [0, 0.05) is 11.4 Å². The van der Waals surface area contributed by atoms with E-state index in [9.17, 15) is 4.79 Å². The number of carboxylic acids is 1. The third kappa shape index (κ3) is 3.38. The number of halogens is 1. The van der Waals surface area contributed by atoms with E-state index in [1.807, 2.05) is 31.2 Å². The fourth-order valence-corrected chi connectivity index (χ4v) is 1.62. The molecule has 0 aliphatic carbocycles. The van der Waals surface area contributed by atoms with Crippen LogP contribution < -0.4 is 0 Å². The Kier molecular flexibility index (Phi) is 3.96. The summed E-state index contributed by atoms with van der Waals surface area (Å²) in [5, 5.41) is 9.31. The second-order valence-electron chi connectivity index (χ2n) is 3.50. The lowest BCUT2D eigenvalue weighted by molar-refractivity contribution is -0.137. The zero-order valence-electron chi connectivity index (χ0n) is 8.03. The summed E-state index contributed by atoms with van der Waals surface area (Å²) in [7, 11) is 0. The maximum atomic E-state index is 10.5. The highest BCUT2D eigenvalue weighted by Gasteiger charge is 2.09.